The van der Waals surface area contributed by atoms with Crippen molar-refractivity contribution in [3.63, 3.8) is 0 Å². The number of aliphatic hydroxyl groups excluding tert-OH is 2. The van der Waals surface area contributed by atoms with Crippen molar-refractivity contribution in [3.8, 4) is 0 Å². The van der Waals surface area contributed by atoms with Gasteiger partial charge < -0.3 is 108 Å². The van der Waals surface area contributed by atoms with Crippen LogP contribution in [0.15, 0.2) is 107 Å². The van der Waals surface area contributed by atoms with E-state index in [9.17, 15) is 81.8 Å². The molecule has 3 heterocycles. The zero-order chi connectivity index (χ0) is 85.0. The highest BCUT2D eigenvalue weighted by Gasteiger charge is 2.38. The maximum atomic E-state index is 14.7. The minimum Gasteiger partial charge on any atom is -0.391 e. The van der Waals surface area contributed by atoms with Crippen LogP contribution in [0.2, 0.25) is 0 Å². The van der Waals surface area contributed by atoms with Crippen molar-refractivity contribution in [2.45, 2.75) is 174 Å². The van der Waals surface area contributed by atoms with Crippen molar-refractivity contribution in [2.75, 3.05) is 59.4 Å². The van der Waals surface area contributed by atoms with Crippen LogP contribution in [0, 0.1) is 5.92 Å². The van der Waals surface area contributed by atoms with E-state index in [1.54, 1.807) is 111 Å². The second-order valence-corrected chi connectivity index (χ2v) is 28.8. The number of rotatable bonds is 35. The molecule has 5 aromatic rings. The first-order valence-electron chi connectivity index (χ1n) is 38.0. The van der Waals surface area contributed by atoms with Gasteiger partial charge in [-0.1, -0.05) is 74.1 Å². The fourth-order valence-electron chi connectivity index (χ4n) is 12.0. The lowest BCUT2D eigenvalue weighted by molar-refractivity contribution is -0.137. The number of carbonyl (C=O) groups is 14. The van der Waals surface area contributed by atoms with Crippen LogP contribution in [-0.4, -0.2) is 240 Å². The third-order valence-electron chi connectivity index (χ3n) is 18.1. The predicted molar refractivity (Wildman–Crippen MR) is 426 cm³/mol. The lowest BCUT2D eigenvalue weighted by atomic mass is 10.00. The third kappa shape index (κ3) is 29.5. The molecule has 38 nitrogen and oxygen atoms in total. The second-order valence-electron chi connectivity index (χ2n) is 27.7. The van der Waals surface area contributed by atoms with Gasteiger partial charge in [0.1, 0.15) is 60.4 Å². The predicted octanol–water partition coefficient (Wildman–Crippen LogP) is -3.76. The number of nitrogens with two attached hydrogens (primary N) is 4. The van der Waals surface area contributed by atoms with Crippen molar-refractivity contribution in [1.82, 2.24) is 94.7 Å². The first-order chi connectivity index (χ1) is 55.5. The van der Waals surface area contributed by atoms with Crippen molar-refractivity contribution in [1.29, 1.82) is 0 Å². The van der Waals surface area contributed by atoms with Crippen LogP contribution in [0.5, 0.6) is 0 Å². The Morgan fingerprint density at radius 2 is 1.20 bits per heavy atom. The molecule has 0 saturated carbocycles. The van der Waals surface area contributed by atoms with Gasteiger partial charge in [-0.25, -0.2) is 4.79 Å². The van der Waals surface area contributed by atoms with E-state index >= 15 is 0 Å². The average molecular weight is 1640 g/mol. The summed E-state index contributed by atoms with van der Waals surface area (Å²) in [5.41, 5.74) is 27.4. The number of fused-ring (bicyclic) bond motifs is 1. The molecule has 1 aliphatic heterocycles. The van der Waals surface area contributed by atoms with Crippen LogP contribution in [0.25, 0.3) is 23.1 Å². The molecule has 25 N–H and O–H groups in total. The van der Waals surface area contributed by atoms with Gasteiger partial charge in [-0.2, -0.15) is 15.3 Å². The summed E-state index contributed by atoms with van der Waals surface area (Å²) in [5.74, 6) is -12.4. The fourth-order valence-corrected chi connectivity index (χ4v) is 13.0. The Hall–Kier alpha value is -11.4. The lowest BCUT2D eigenvalue weighted by Crippen LogP contribution is -2.62. The molecule has 14 amide bonds. The molecule has 3 aromatic carbocycles. The molecule has 12 atom stereocenters. The Morgan fingerprint density at radius 1 is 0.612 bits per heavy atom. The highest BCUT2D eigenvalue weighted by Crippen LogP contribution is 2.34. The standard InChI is InChI=1S/C76H107FN22O16S/c1-42(2)39-57-72(111)90-52(25-31-79)66(105)89-54(27-33-81)71(110)96-63(43(3)100)74(113)85-35-28-55(68(107)92-56(29-36-87-77)69(108)95-58(73(112)94-57)40-45-13-7-6-8-14-45)91-67(106)53(26-32-80)93-75(114)64(44(4)101)97-70(109)51(24-30-78)88-62(103)23-22-61(102)84-37-38-86-76(115)99-59-41-47(116-60-17-10-9-16-49(60)65(104)82-5)19-20-48(59)50(98-99)21-18-46-15-11-12-34-83-46/h6-21,34,41-44,51-58,63-64,87,100-101H,22-33,35-40,78-81H2,1-5H3,(H,82,104)(H,84,102)(H,85,113)(H,86,115)(H,88,103)(H,89,105)(H,90,111)(H,91,106)(H,92,107)(H,93,114)(H,94,112)(H,95,108)(H,96,110)(H,97,109)/b21-18+/t43-,44?,51-,52-,53-,54-,55+,56-,57-,58-,63-,64+/m0/s1. The number of carbonyl (C=O) groups excluding carboxylic acids is 14. The smallest absolute Gasteiger partial charge is 0.342 e. The molecule has 1 saturated heterocycles. The molecule has 116 heavy (non-hydrogen) atoms. The van der Waals surface area contributed by atoms with Crippen LogP contribution in [-0.2, 0) is 64.0 Å². The monoisotopic (exact) mass is 1630 g/mol. The van der Waals surface area contributed by atoms with E-state index in [2.05, 4.69) is 84.5 Å². The summed E-state index contributed by atoms with van der Waals surface area (Å²) in [4.78, 5) is 201. The number of hydrogen-bond acceptors (Lipinski definition) is 24. The summed E-state index contributed by atoms with van der Waals surface area (Å²) < 4.78 is 15.1. The number of pyridine rings is 1. The first kappa shape index (κ1) is 93.5. The Balaban J connectivity index is 1.15. The number of halogens is 1. The van der Waals surface area contributed by atoms with E-state index in [0.717, 1.165) is 13.8 Å². The Kier molecular flexibility index (Phi) is 38.7. The number of benzene rings is 3. The molecule has 0 radical (unpaired) electrons. The molecule has 1 fully saturated rings. The third-order valence-corrected chi connectivity index (χ3v) is 19.2. The Morgan fingerprint density at radius 3 is 1.82 bits per heavy atom. The average Bonchev–Trinajstić information content (AvgIpc) is 1.63. The van der Waals surface area contributed by atoms with Gasteiger partial charge in [0.05, 0.1) is 34.7 Å². The Bertz CT molecular complexity index is 4220. The number of amides is 14. The van der Waals surface area contributed by atoms with E-state index in [1.165, 1.54) is 29.0 Å². The van der Waals surface area contributed by atoms with Gasteiger partial charge >= 0.3 is 6.03 Å². The van der Waals surface area contributed by atoms with Crippen LogP contribution >= 0.6 is 11.8 Å². The minimum absolute atomic E-state index is 0.0175. The molecule has 2 aromatic heterocycles. The van der Waals surface area contributed by atoms with Gasteiger partial charge in [0.25, 0.3) is 5.91 Å². The highest BCUT2D eigenvalue weighted by molar-refractivity contribution is 7.99. The summed E-state index contributed by atoms with van der Waals surface area (Å²) in [7, 11) is 1.53. The van der Waals surface area contributed by atoms with Crippen molar-refractivity contribution in [2.24, 2.45) is 28.9 Å². The van der Waals surface area contributed by atoms with Crippen molar-refractivity contribution in [3.05, 3.63) is 120 Å². The summed E-state index contributed by atoms with van der Waals surface area (Å²) in [5, 5.41) is 62.5. The second kappa shape index (κ2) is 48.1. The number of aliphatic hydroxyl groups is 2. The maximum absolute atomic E-state index is 14.7. The van der Waals surface area contributed by atoms with E-state index in [4.69, 9.17) is 22.9 Å². The maximum Gasteiger partial charge on any atom is 0.342 e. The van der Waals surface area contributed by atoms with E-state index in [-0.39, 0.29) is 89.6 Å². The zero-order valence-corrected chi connectivity index (χ0v) is 66.0. The number of nitrogens with zero attached hydrogens (tertiary/aromatic N) is 3. The zero-order valence-electron chi connectivity index (χ0n) is 65.2. The molecule has 6 rings (SSSR count). The van der Waals surface area contributed by atoms with Crippen LogP contribution in [0.1, 0.15) is 113 Å². The topological polar surface area (TPSA) is 595 Å². The number of hydrogen-bond donors (Lipinski definition) is 21. The lowest BCUT2D eigenvalue weighted by Gasteiger charge is -2.29. The Labute approximate surface area is 673 Å². The van der Waals surface area contributed by atoms with Crippen LogP contribution in [0.4, 0.5) is 9.28 Å². The quantitative estimate of drug-likeness (QED) is 0.0137. The van der Waals surface area contributed by atoms with Crippen molar-refractivity contribution >= 4 is 118 Å². The molecule has 0 bridgehead atoms. The SMILES string of the molecule is CNC(=O)c1ccccc1Sc1ccc2c(/C=C/c3ccccn3)nn(C(=O)NCCNC(=O)CCC(=O)N[C@@H](CCN)C(=O)N[C@@H](C(=O)N[C@@H](CCN)C(=O)N[C@@H]3CCNC(=O)[C@H]([C@H](C)O)NC(=O)[C@H](CCN)NC(=O)[C@H](CCN)NC(=O)[C@H](CC(C)C)NC(=O)[C@H](Cc4ccccc4)NC(=O)[C@H](CCNF)NC3=O)C(C)O)c2c1. The highest BCUT2D eigenvalue weighted by atomic mass is 32.2. The normalized spacial score (nSPS) is 19.5. The van der Waals surface area contributed by atoms with E-state index in [0.29, 0.717) is 43.2 Å². The van der Waals surface area contributed by atoms with Gasteiger partial charge in [-0.05, 0) is 151 Å². The summed E-state index contributed by atoms with van der Waals surface area (Å²) in [6.07, 6.45) is -1.49. The summed E-state index contributed by atoms with van der Waals surface area (Å²) in [6, 6.07) is 9.35. The molecular weight excluding hydrogens is 1530 g/mol. The number of aromatic nitrogens is 3. The number of nitrogens with one attached hydrogen (secondary N) is 15. The molecule has 40 heteroatoms. The largest absolute Gasteiger partial charge is 0.391 e. The summed E-state index contributed by atoms with van der Waals surface area (Å²) >= 11 is 1.31. The molecule has 1 unspecified atom stereocenters. The minimum atomic E-state index is -1.88. The van der Waals surface area contributed by atoms with Gasteiger partial charge in [0.15, 0.2) is 0 Å². The van der Waals surface area contributed by atoms with Crippen LogP contribution in [0.3, 0.4) is 0 Å². The van der Waals surface area contributed by atoms with Gasteiger partial charge in [0.2, 0.25) is 70.9 Å². The van der Waals surface area contributed by atoms with Gasteiger partial charge in [-0.3, -0.25) is 67.3 Å². The molecule has 1 aliphatic rings. The fraction of sp³-hybridized carbons (Fsp3) is 0.474. The van der Waals surface area contributed by atoms with Gasteiger partial charge in [0, 0.05) is 73.9 Å². The van der Waals surface area contributed by atoms with E-state index in [1.807, 2.05) is 12.1 Å². The molecular formula is C76H107FN22O16S. The van der Waals surface area contributed by atoms with E-state index < -0.39 is 188 Å². The van der Waals surface area contributed by atoms with Crippen molar-refractivity contribution < 1.29 is 81.8 Å². The first-order valence-corrected chi connectivity index (χ1v) is 38.8. The molecule has 0 spiro atoms. The summed E-state index contributed by atoms with van der Waals surface area (Å²) in [6.45, 7) is 3.56. The molecule has 0 aliphatic carbocycles. The van der Waals surface area contributed by atoms with Gasteiger partial charge in [-0.15, -0.1) is 4.48 Å². The molecule has 630 valence electrons. The van der Waals surface area contributed by atoms with Crippen LogP contribution < -0.4 is 103 Å².